The van der Waals surface area contributed by atoms with E-state index in [-0.39, 0.29) is 6.42 Å². The van der Waals surface area contributed by atoms with Gasteiger partial charge in [0.15, 0.2) is 5.75 Å². The molecule has 1 atom stereocenters. The first kappa shape index (κ1) is 14.7. The zero-order valence-electron chi connectivity index (χ0n) is 10.4. The molecule has 0 amide bonds. The second-order valence-corrected chi connectivity index (χ2v) is 3.78. The van der Waals surface area contributed by atoms with Gasteiger partial charge in [0, 0.05) is 6.08 Å². The van der Waals surface area contributed by atoms with Crippen molar-refractivity contribution in [2.75, 3.05) is 0 Å². The zero-order valence-corrected chi connectivity index (χ0v) is 10.4. The van der Waals surface area contributed by atoms with Crippen molar-refractivity contribution in [1.82, 2.24) is 0 Å². The van der Waals surface area contributed by atoms with Gasteiger partial charge in [0.05, 0.1) is 0 Å². The first-order chi connectivity index (χ1) is 9.02. The maximum atomic E-state index is 11.0. The summed E-state index contributed by atoms with van der Waals surface area (Å²) in [4.78, 5) is 30.8. The van der Waals surface area contributed by atoms with Crippen LogP contribution in [0.2, 0.25) is 0 Å². The number of aliphatic carboxylic acids is 1. The van der Waals surface area contributed by atoms with E-state index in [4.69, 9.17) is 15.7 Å². The monoisotopic (exact) mass is 265 g/mol. The summed E-state index contributed by atoms with van der Waals surface area (Å²) < 4.78 is 0. The van der Waals surface area contributed by atoms with E-state index >= 15 is 0 Å². The van der Waals surface area contributed by atoms with Crippen molar-refractivity contribution in [3.63, 3.8) is 0 Å². The molecule has 0 spiro atoms. The molecule has 0 unspecified atom stereocenters. The highest BCUT2D eigenvalue weighted by Crippen LogP contribution is 2.13. The Morgan fingerprint density at radius 3 is 2.53 bits per heavy atom. The molecular weight excluding hydrogens is 250 g/mol. The summed E-state index contributed by atoms with van der Waals surface area (Å²) in [5, 5.41) is 8.68. The molecule has 0 aliphatic carbocycles. The standard InChI is InChI=1S/C13H15NO5/c1-2-3-12(15)19-18-10-6-4-9(5-7-10)8-11(14)13(16)17/h2-7,11H,8,14H2,1H3,(H,16,17)/t11-/m0/s1. The summed E-state index contributed by atoms with van der Waals surface area (Å²) in [5.74, 6) is -1.33. The number of rotatable bonds is 6. The van der Waals surface area contributed by atoms with Crippen LogP contribution >= 0.6 is 0 Å². The summed E-state index contributed by atoms with van der Waals surface area (Å²) >= 11 is 0. The third kappa shape index (κ3) is 5.22. The smallest absolute Gasteiger partial charge is 0.378 e. The van der Waals surface area contributed by atoms with E-state index in [9.17, 15) is 9.59 Å². The number of nitrogens with two attached hydrogens (primary N) is 1. The van der Waals surface area contributed by atoms with Crippen LogP contribution in [0.3, 0.4) is 0 Å². The van der Waals surface area contributed by atoms with Crippen LogP contribution in [0.15, 0.2) is 36.4 Å². The molecule has 0 saturated carbocycles. The highest BCUT2D eigenvalue weighted by atomic mass is 17.2. The SMILES string of the molecule is CC=CC(=O)OOc1ccc(C[C@H](N)C(=O)O)cc1. The predicted molar refractivity (Wildman–Crippen MR) is 67.3 cm³/mol. The van der Waals surface area contributed by atoms with Crippen molar-refractivity contribution in [3.8, 4) is 5.75 Å². The Morgan fingerprint density at radius 1 is 1.37 bits per heavy atom. The minimum atomic E-state index is -1.05. The van der Waals surface area contributed by atoms with E-state index < -0.39 is 18.0 Å². The molecule has 0 bridgehead atoms. The Labute approximate surface area is 110 Å². The van der Waals surface area contributed by atoms with Crippen LogP contribution in [0.4, 0.5) is 0 Å². The molecule has 19 heavy (non-hydrogen) atoms. The lowest BCUT2D eigenvalue weighted by Crippen LogP contribution is -2.32. The van der Waals surface area contributed by atoms with Crippen LogP contribution in [0.5, 0.6) is 5.75 Å². The third-order valence-corrected chi connectivity index (χ3v) is 2.22. The number of carbonyl (C=O) groups excluding carboxylic acids is 1. The minimum Gasteiger partial charge on any atom is -0.480 e. The molecule has 0 heterocycles. The molecule has 0 saturated heterocycles. The summed E-state index contributed by atoms with van der Waals surface area (Å²) in [6.45, 7) is 1.68. The van der Waals surface area contributed by atoms with Crippen LogP contribution in [0.25, 0.3) is 0 Å². The quantitative estimate of drug-likeness (QED) is 0.453. The van der Waals surface area contributed by atoms with Gasteiger partial charge >= 0.3 is 11.9 Å². The average Bonchev–Trinajstić information content (AvgIpc) is 2.38. The van der Waals surface area contributed by atoms with Crippen LogP contribution < -0.4 is 10.6 Å². The fraction of sp³-hybridized carbons (Fsp3) is 0.231. The molecule has 1 aromatic carbocycles. The molecule has 0 aromatic heterocycles. The average molecular weight is 265 g/mol. The lowest BCUT2D eigenvalue weighted by atomic mass is 10.1. The molecule has 1 rings (SSSR count). The Bertz CT molecular complexity index is 466. The van der Waals surface area contributed by atoms with Crippen molar-refractivity contribution < 1.29 is 24.5 Å². The molecule has 0 fully saturated rings. The number of allylic oxidation sites excluding steroid dienone is 1. The predicted octanol–water partition coefficient (Wildman–Crippen LogP) is 1.05. The van der Waals surface area contributed by atoms with Gasteiger partial charge in [0.2, 0.25) is 0 Å². The fourth-order valence-corrected chi connectivity index (χ4v) is 1.28. The minimum absolute atomic E-state index is 0.216. The van der Waals surface area contributed by atoms with Gasteiger partial charge in [-0.3, -0.25) is 9.68 Å². The van der Waals surface area contributed by atoms with Crippen LogP contribution in [-0.4, -0.2) is 23.1 Å². The van der Waals surface area contributed by atoms with E-state index in [1.165, 1.54) is 12.2 Å². The number of carboxylic acid groups (broad SMARTS) is 1. The second-order valence-electron chi connectivity index (χ2n) is 3.78. The number of carboxylic acids is 1. The van der Waals surface area contributed by atoms with Gasteiger partial charge in [-0.05, 0) is 31.0 Å². The lowest BCUT2D eigenvalue weighted by molar-refractivity contribution is -0.207. The van der Waals surface area contributed by atoms with Gasteiger partial charge in [-0.25, -0.2) is 9.68 Å². The fourth-order valence-electron chi connectivity index (χ4n) is 1.28. The van der Waals surface area contributed by atoms with Crippen molar-refractivity contribution in [1.29, 1.82) is 0 Å². The molecule has 6 nitrogen and oxygen atoms in total. The van der Waals surface area contributed by atoms with Crippen LogP contribution in [0, 0.1) is 0 Å². The Kier molecular flexibility index (Phi) is 5.56. The summed E-state index contributed by atoms with van der Waals surface area (Å²) in [7, 11) is 0. The van der Waals surface area contributed by atoms with E-state index in [1.54, 1.807) is 31.2 Å². The van der Waals surface area contributed by atoms with Crippen molar-refractivity contribution in [2.45, 2.75) is 19.4 Å². The van der Waals surface area contributed by atoms with Gasteiger partial charge < -0.3 is 10.8 Å². The molecule has 1 aromatic rings. The number of carbonyl (C=O) groups is 2. The van der Waals surface area contributed by atoms with E-state index in [0.29, 0.717) is 5.75 Å². The maximum absolute atomic E-state index is 11.0. The molecule has 6 heteroatoms. The third-order valence-electron chi connectivity index (χ3n) is 2.22. The Hall–Kier alpha value is -2.34. The van der Waals surface area contributed by atoms with Crippen molar-refractivity contribution in [3.05, 3.63) is 42.0 Å². The van der Waals surface area contributed by atoms with Crippen LogP contribution in [0.1, 0.15) is 12.5 Å². The molecule has 3 N–H and O–H groups in total. The molecule has 0 aliphatic heterocycles. The highest BCUT2D eigenvalue weighted by molar-refractivity contribution is 5.81. The van der Waals surface area contributed by atoms with Crippen LogP contribution in [-0.2, 0) is 20.9 Å². The van der Waals surface area contributed by atoms with E-state index in [2.05, 4.69) is 4.89 Å². The molecule has 0 radical (unpaired) electrons. The van der Waals surface area contributed by atoms with Gasteiger partial charge in [-0.1, -0.05) is 18.2 Å². The highest BCUT2D eigenvalue weighted by Gasteiger charge is 2.12. The topological polar surface area (TPSA) is 98.9 Å². The molecular formula is C13H15NO5. The number of hydrogen-bond donors (Lipinski definition) is 2. The Morgan fingerprint density at radius 2 is 2.00 bits per heavy atom. The largest absolute Gasteiger partial charge is 0.480 e. The normalized spacial score (nSPS) is 12.1. The number of benzene rings is 1. The zero-order chi connectivity index (χ0) is 14.3. The first-order valence-electron chi connectivity index (χ1n) is 5.61. The molecule has 102 valence electrons. The summed E-state index contributed by atoms with van der Waals surface area (Å²) in [6.07, 6.45) is 2.97. The maximum Gasteiger partial charge on any atom is 0.378 e. The van der Waals surface area contributed by atoms with Gasteiger partial charge in [-0.15, -0.1) is 0 Å². The Balaban J connectivity index is 2.52. The van der Waals surface area contributed by atoms with Gasteiger partial charge in [0.1, 0.15) is 6.04 Å². The first-order valence-corrected chi connectivity index (χ1v) is 5.61. The summed E-state index contributed by atoms with van der Waals surface area (Å²) in [5.41, 5.74) is 6.16. The van der Waals surface area contributed by atoms with Gasteiger partial charge in [-0.2, -0.15) is 0 Å². The number of hydrogen-bond acceptors (Lipinski definition) is 5. The lowest BCUT2D eigenvalue weighted by Gasteiger charge is -2.07. The van der Waals surface area contributed by atoms with E-state index in [1.807, 2.05) is 0 Å². The summed E-state index contributed by atoms with van der Waals surface area (Å²) in [6, 6.07) is 5.49. The van der Waals surface area contributed by atoms with Gasteiger partial charge in [0.25, 0.3) is 0 Å². The van der Waals surface area contributed by atoms with Crippen molar-refractivity contribution in [2.24, 2.45) is 5.73 Å². The van der Waals surface area contributed by atoms with Crippen molar-refractivity contribution >= 4 is 11.9 Å². The molecule has 0 aliphatic rings. The second kappa shape index (κ2) is 7.17. The van der Waals surface area contributed by atoms with E-state index in [0.717, 1.165) is 5.56 Å².